The van der Waals surface area contributed by atoms with Crippen LogP contribution in [-0.4, -0.2) is 25.5 Å². The zero-order chi connectivity index (χ0) is 15.6. The molecule has 2 rings (SSSR count). The molecule has 0 saturated carbocycles. The molecule has 0 aliphatic carbocycles. The van der Waals surface area contributed by atoms with Gasteiger partial charge in [-0.1, -0.05) is 12.1 Å². The number of sulfonamides is 1. The molecule has 0 aliphatic heterocycles. The van der Waals surface area contributed by atoms with Crippen LogP contribution in [0.5, 0.6) is 5.75 Å². The number of hydrogen-bond donors (Lipinski definition) is 1. The first kappa shape index (κ1) is 14.8. The first-order chi connectivity index (χ1) is 9.82. The van der Waals surface area contributed by atoms with Crippen LogP contribution in [0, 0.1) is 10.1 Å². The Kier molecular flexibility index (Phi) is 3.81. The highest BCUT2D eigenvalue weighted by Gasteiger charge is 2.23. The highest BCUT2D eigenvalue weighted by molar-refractivity contribution is 7.92. The lowest BCUT2D eigenvalue weighted by Gasteiger charge is -2.19. The van der Waals surface area contributed by atoms with Gasteiger partial charge >= 0.3 is 0 Å². The Morgan fingerprint density at radius 1 is 1.14 bits per heavy atom. The van der Waals surface area contributed by atoms with E-state index in [1.807, 2.05) is 0 Å². The molecule has 0 bridgehead atoms. The van der Waals surface area contributed by atoms with E-state index in [-0.39, 0.29) is 22.0 Å². The number of rotatable bonds is 4. The van der Waals surface area contributed by atoms with Gasteiger partial charge in [-0.25, -0.2) is 8.42 Å². The fourth-order valence-corrected chi connectivity index (χ4v) is 2.97. The highest BCUT2D eigenvalue weighted by atomic mass is 32.2. The summed E-state index contributed by atoms with van der Waals surface area (Å²) in [7, 11) is -2.64. The van der Waals surface area contributed by atoms with Crippen LogP contribution in [0.1, 0.15) is 0 Å². The maximum atomic E-state index is 12.4. The molecular formula is C13H12N2O5S. The molecule has 1 N–H and O–H groups in total. The van der Waals surface area contributed by atoms with Gasteiger partial charge in [0.15, 0.2) is 0 Å². The molecule has 0 aromatic heterocycles. The Morgan fingerprint density at radius 2 is 1.81 bits per heavy atom. The molecule has 0 spiro atoms. The molecule has 0 radical (unpaired) electrons. The Labute approximate surface area is 121 Å². The summed E-state index contributed by atoms with van der Waals surface area (Å²) < 4.78 is 25.8. The highest BCUT2D eigenvalue weighted by Crippen LogP contribution is 2.26. The number of nitro groups is 1. The SMILES string of the molecule is CN(c1cccc(O)c1)S(=O)(=O)c1cccc([N+](=O)[O-])c1. The van der Waals surface area contributed by atoms with Crippen molar-refractivity contribution in [3.8, 4) is 5.75 Å². The molecule has 2 aromatic carbocycles. The molecular weight excluding hydrogens is 296 g/mol. The summed E-state index contributed by atoms with van der Waals surface area (Å²) in [5, 5.41) is 20.1. The Morgan fingerprint density at radius 3 is 2.43 bits per heavy atom. The third-order valence-corrected chi connectivity index (χ3v) is 4.66. The van der Waals surface area contributed by atoms with Gasteiger partial charge in [-0.15, -0.1) is 0 Å². The average Bonchev–Trinajstić information content (AvgIpc) is 2.46. The van der Waals surface area contributed by atoms with Gasteiger partial charge in [0.25, 0.3) is 15.7 Å². The topological polar surface area (TPSA) is 101 Å². The zero-order valence-electron chi connectivity index (χ0n) is 11.0. The number of benzene rings is 2. The molecule has 0 heterocycles. The fraction of sp³-hybridized carbons (Fsp3) is 0.0769. The van der Waals surface area contributed by atoms with Crippen molar-refractivity contribution in [2.24, 2.45) is 0 Å². The van der Waals surface area contributed by atoms with E-state index in [0.717, 1.165) is 10.4 Å². The molecule has 21 heavy (non-hydrogen) atoms. The van der Waals surface area contributed by atoms with Crippen LogP contribution in [0.25, 0.3) is 0 Å². The third-order valence-electron chi connectivity index (χ3n) is 2.88. The summed E-state index contributed by atoms with van der Waals surface area (Å²) in [4.78, 5) is 9.88. The van der Waals surface area contributed by atoms with Gasteiger partial charge < -0.3 is 5.11 Å². The fourth-order valence-electron chi connectivity index (χ4n) is 1.74. The van der Waals surface area contributed by atoms with Crippen molar-refractivity contribution < 1.29 is 18.4 Å². The number of nitrogens with zero attached hydrogens (tertiary/aromatic N) is 2. The Hall–Kier alpha value is -2.61. The van der Waals surface area contributed by atoms with Gasteiger partial charge in [0, 0.05) is 25.2 Å². The number of nitro benzene ring substituents is 1. The second kappa shape index (κ2) is 5.41. The molecule has 2 aromatic rings. The molecule has 0 fully saturated rings. The molecule has 0 saturated heterocycles. The number of anilines is 1. The van der Waals surface area contributed by atoms with Gasteiger partial charge in [0.2, 0.25) is 0 Å². The summed E-state index contributed by atoms with van der Waals surface area (Å²) in [6.45, 7) is 0. The van der Waals surface area contributed by atoms with Crippen LogP contribution in [0.2, 0.25) is 0 Å². The van der Waals surface area contributed by atoms with Crippen molar-refractivity contribution >= 4 is 21.4 Å². The van der Waals surface area contributed by atoms with Gasteiger partial charge in [0.05, 0.1) is 15.5 Å². The predicted molar refractivity (Wildman–Crippen MR) is 76.8 cm³/mol. The van der Waals surface area contributed by atoms with Crippen LogP contribution < -0.4 is 4.31 Å². The minimum Gasteiger partial charge on any atom is -0.508 e. The van der Waals surface area contributed by atoms with E-state index in [0.29, 0.717) is 0 Å². The van der Waals surface area contributed by atoms with Crippen LogP contribution in [0.3, 0.4) is 0 Å². The molecule has 110 valence electrons. The maximum Gasteiger partial charge on any atom is 0.270 e. The number of phenolic OH excluding ortho intramolecular Hbond substituents is 1. The summed E-state index contributed by atoms with van der Waals surface area (Å²) in [5.74, 6) is -0.0754. The smallest absolute Gasteiger partial charge is 0.270 e. The van der Waals surface area contributed by atoms with Gasteiger partial charge in [-0.05, 0) is 18.2 Å². The lowest BCUT2D eigenvalue weighted by molar-refractivity contribution is -0.385. The second-order valence-corrected chi connectivity index (χ2v) is 6.22. The summed E-state index contributed by atoms with van der Waals surface area (Å²) >= 11 is 0. The number of non-ortho nitro benzene ring substituents is 1. The van der Waals surface area contributed by atoms with Crippen LogP contribution >= 0.6 is 0 Å². The molecule has 0 aliphatic rings. The van der Waals surface area contributed by atoms with E-state index in [1.165, 1.54) is 49.5 Å². The molecule has 7 nitrogen and oxygen atoms in total. The zero-order valence-corrected chi connectivity index (χ0v) is 11.8. The maximum absolute atomic E-state index is 12.4. The van der Waals surface area contributed by atoms with Gasteiger partial charge in [-0.2, -0.15) is 0 Å². The van der Waals surface area contributed by atoms with Crippen LogP contribution in [0.15, 0.2) is 53.4 Å². The van der Waals surface area contributed by atoms with Gasteiger partial charge in [0.1, 0.15) is 5.75 Å². The summed E-state index contributed by atoms with van der Waals surface area (Å²) in [5.41, 5.74) is -0.0538. The number of hydrogen-bond acceptors (Lipinski definition) is 5. The largest absolute Gasteiger partial charge is 0.508 e. The minimum absolute atomic E-state index is 0.0754. The van der Waals surface area contributed by atoms with E-state index in [4.69, 9.17) is 0 Å². The van der Waals surface area contributed by atoms with Crippen LogP contribution in [0.4, 0.5) is 11.4 Å². The van der Waals surface area contributed by atoms with E-state index >= 15 is 0 Å². The van der Waals surface area contributed by atoms with Crippen molar-refractivity contribution in [3.05, 3.63) is 58.6 Å². The Bertz CT molecular complexity index is 789. The summed E-state index contributed by atoms with van der Waals surface area (Å²) in [6, 6.07) is 10.5. The number of phenols is 1. The third kappa shape index (κ3) is 2.95. The van der Waals surface area contributed by atoms with Crippen molar-refractivity contribution in [1.29, 1.82) is 0 Å². The van der Waals surface area contributed by atoms with E-state index in [2.05, 4.69) is 0 Å². The van der Waals surface area contributed by atoms with E-state index in [1.54, 1.807) is 0 Å². The molecule has 0 amide bonds. The average molecular weight is 308 g/mol. The molecule has 0 atom stereocenters. The van der Waals surface area contributed by atoms with E-state index in [9.17, 15) is 23.6 Å². The predicted octanol–water partition coefficient (Wildman–Crippen LogP) is 2.13. The van der Waals surface area contributed by atoms with Crippen molar-refractivity contribution in [2.75, 3.05) is 11.4 Å². The first-order valence-electron chi connectivity index (χ1n) is 5.85. The Balaban J connectivity index is 2.46. The van der Waals surface area contributed by atoms with Crippen LogP contribution in [-0.2, 0) is 10.0 Å². The normalized spacial score (nSPS) is 11.1. The quantitative estimate of drug-likeness (QED) is 0.688. The lowest BCUT2D eigenvalue weighted by atomic mass is 10.3. The monoisotopic (exact) mass is 308 g/mol. The van der Waals surface area contributed by atoms with Crippen molar-refractivity contribution in [3.63, 3.8) is 0 Å². The molecule has 8 heteroatoms. The first-order valence-corrected chi connectivity index (χ1v) is 7.29. The van der Waals surface area contributed by atoms with Gasteiger partial charge in [-0.3, -0.25) is 14.4 Å². The number of aromatic hydroxyl groups is 1. The van der Waals surface area contributed by atoms with E-state index < -0.39 is 14.9 Å². The summed E-state index contributed by atoms with van der Waals surface area (Å²) in [6.07, 6.45) is 0. The molecule has 0 unspecified atom stereocenters. The minimum atomic E-state index is -3.95. The van der Waals surface area contributed by atoms with Crippen molar-refractivity contribution in [1.82, 2.24) is 0 Å². The van der Waals surface area contributed by atoms with Crippen molar-refractivity contribution in [2.45, 2.75) is 4.90 Å². The lowest BCUT2D eigenvalue weighted by Crippen LogP contribution is -2.26. The standard InChI is InChI=1S/C13H12N2O5S/c1-14(10-4-2-6-12(16)8-10)21(19,20)13-7-3-5-11(9-13)15(17)18/h2-9,16H,1H3. The second-order valence-electron chi connectivity index (χ2n) is 4.25.